The molecule has 1 aromatic rings. The minimum Gasteiger partial charge on any atom is -0.496 e. The van der Waals surface area contributed by atoms with Crippen LogP contribution in [0.5, 0.6) is 11.5 Å². The van der Waals surface area contributed by atoms with Gasteiger partial charge in [-0.15, -0.1) is 0 Å². The third-order valence-corrected chi connectivity index (χ3v) is 4.15. The summed E-state index contributed by atoms with van der Waals surface area (Å²) in [5, 5.41) is 9.41. The molecule has 4 heteroatoms. The molecule has 0 bridgehead atoms. The van der Waals surface area contributed by atoms with E-state index < -0.39 is 5.41 Å². The molecule has 19 heavy (non-hydrogen) atoms. The minimum absolute atomic E-state index is 0.337. The van der Waals surface area contributed by atoms with Gasteiger partial charge in [0.1, 0.15) is 11.5 Å². The Labute approximate surface area is 114 Å². The van der Waals surface area contributed by atoms with E-state index >= 15 is 0 Å². The Morgan fingerprint density at radius 2 is 1.89 bits per heavy atom. The lowest BCUT2D eigenvalue weighted by atomic mass is 9.63. The van der Waals surface area contributed by atoms with Crippen molar-refractivity contribution in [3.8, 4) is 17.6 Å². The zero-order valence-electron chi connectivity index (χ0n) is 11.7. The van der Waals surface area contributed by atoms with E-state index in [0.717, 1.165) is 41.9 Å². The lowest BCUT2D eigenvalue weighted by Crippen LogP contribution is -2.39. The summed E-state index contributed by atoms with van der Waals surface area (Å²) < 4.78 is 10.7. The van der Waals surface area contributed by atoms with Crippen LogP contribution in [0.1, 0.15) is 36.4 Å². The predicted octanol–water partition coefficient (Wildman–Crippen LogP) is 2.71. The smallest absolute Gasteiger partial charge is 0.124 e. The lowest BCUT2D eigenvalue weighted by Gasteiger charge is -2.40. The van der Waals surface area contributed by atoms with Gasteiger partial charge >= 0.3 is 0 Å². The molecular formula is C15H20N2O2. The third kappa shape index (κ3) is 2.15. The second-order valence-corrected chi connectivity index (χ2v) is 5.16. The van der Waals surface area contributed by atoms with Crippen LogP contribution in [-0.4, -0.2) is 14.2 Å². The SMILES string of the molecule is COc1cc(C(N)C2(C#N)CCC2)c(OC)cc1C. The van der Waals surface area contributed by atoms with Crippen LogP contribution in [0, 0.1) is 23.7 Å². The molecule has 2 N–H and O–H groups in total. The number of benzene rings is 1. The highest BCUT2D eigenvalue weighted by molar-refractivity contribution is 5.48. The molecule has 1 saturated carbocycles. The van der Waals surface area contributed by atoms with Crippen LogP contribution < -0.4 is 15.2 Å². The molecule has 1 aliphatic carbocycles. The molecule has 102 valence electrons. The molecule has 1 aliphatic rings. The number of methoxy groups -OCH3 is 2. The summed E-state index contributed by atoms with van der Waals surface area (Å²) in [6, 6.07) is 5.87. The molecule has 0 aliphatic heterocycles. The van der Waals surface area contributed by atoms with Gasteiger partial charge in [-0.2, -0.15) is 5.26 Å². The highest BCUT2D eigenvalue weighted by Crippen LogP contribution is 2.50. The van der Waals surface area contributed by atoms with Gasteiger partial charge in [0.25, 0.3) is 0 Å². The Balaban J connectivity index is 2.46. The van der Waals surface area contributed by atoms with Gasteiger partial charge in [-0.25, -0.2) is 0 Å². The van der Waals surface area contributed by atoms with Crippen LogP contribution in [0.25, 0.3) is 0 Å². The van der Waals surface area contributed by atoms with Crippen molar-refractivity contribution < 1.29 is 9.47 Å². The number of rotatable bonds is 4. The quantitative estimate of drug-likeness (QED) is 0.903. The highest BCUT2D eigenvalue weighted by Gasteiger charge is 2.44. The fraction of sp³-hybridized carbons (Fsp3) is 0.533. The fourth-order valence-corrected chi connectivity index (χ4v) is 2.66. The first-order valence-corrected chi connectivity index (χ1v) is 6.47. The first-order chi connectivity index (χ1) is 9.07. The van der Waals surface area contributed by atoms with E-state index in [9.17, 15) is 5.26 Å². The van der Waals surface area contributed by atoms with E-state index in [1.165, 1.54) is 0 Å². The number of hydrogen-bond donors (Lipinski definition) is 1. The average molecular weight is 260 g/mol. The van der Waals surface area contributed by atoms with Crippen LogP contribution in [0.4, 0.5) is 0 Å². The van der Waals surface area contributed by atoms with E-state index in [4.69, 9.17) is 15.2 Å². The molecule has 0 spiro atoms. The average Bonchev–Trinajstić information content (AvgIpc) is 2.37. The molecule has 4 nitrogen and oxygen atoms in total. The number of nitrogens with two attached hydrogens (primary N) is 1. The summed E-state index contributed by atoms with van der Waals surface area (Å²) in [6.45, 7) is 1.96. The van der Waals surface area contributed by atoms with E-state index in [0.29, 0.717) is 0 Å². The molecular weight excluding hydrogens is 240 g/mol. The van der Waals surface area contributed by atoms with Crippen LogP contribution in [-0.2, 0) is 0 Å². The summed E-state index contributed by atoms with van der Waals surface area (Å²) in [7, 11) is 3.25. The van der Waals surface area contributed by atoms with Crippen molar-refractivity contribution in [3.05, 3.63) is 23.3 Å². The summed E-state index contributed by atoms with van der Waals surface area (Å²) >= 11 is 0. The fourth-order valence-electron chi connectivity index (χ4n) is 2.66. The maximum Gasteiger partial charge on any atom is 0.124 e. The molecule has 2 rings (SSSR count). The van der Waals surface area contributed by atoms with Gasteiger partial charge in [0.15, 0.2) is 0 Å². The maximum atomic E-state index is 9.41. The third-order valence-electron chi connectivity index (χ3n) is 4.15. The van der Waals surface area contributed by atoms with Crippen molar-refractivity contribution >= 4 is 0 Å². The zero-order chi connectivity index (χ0) is 14.0. The summed E-state index contributed by atoms with van der Waals surface area (Å²) in [6.07, 6.45) is 2.76. The van der Waals surface area contributed by atoms with Gasteiger partial charge in [0, 0.05) is 5.56 Å². The van der Waals surface area contributed by atoms with Crippen molar-refractivity contribution in [1.82, 2.24) is 0 Å². The normalized spacial score (nSPS) is 18.1. The Hall–Kier alpha value is -1.73. The van der Waals surface area contributed by atoms with E-state index in [1.54, 1.807) is 14.2 Å². The highest BCUT2D eigenvalue weighted by atomic mass is 16.5. The standard InChI is InChI=1S/C15H20N2O2/c1-10-7-13(19-3)11(8-12(10)18-2)14(17)15(9-16)5-4-6-15/h7-8,14H,4-6,17H2,1-3H3. The molecule has 1 unspecified atom stereocenters. The Morgan fingerprint density at radius 3 is 2.32 bits per heavy atom. The van der Waals surface area contributed by atoms with E-state index in [2.05, 4.69) is 6.07 Å². The van der Waals surface area contributed by atoms with E-state index in [1.807, 2.05) is 19.1 Å². The lowest BCUT2D eigenvalue weighted by molar-refractivity contribution is 0.166. The summed E-state index contributed by atoms with van der Waals surface area (Å²) in [4.78, 5) is 0. The molecule has 0 saturated heterocycles. The molecule has 1 atom stereocenters. The van der Waals surface area contributed by atoms with Gasteiger partial charge in [0.2, 0.25) is 0 Å². The number of nitriles is 1. The number of ether oxygens (including phenoxy) is 2. The van der Waals surface area contributed by atoms with Crippen LogP contribution in [0.2, 0.25) is 0 Å². The second-order valence-electron chi connectivity index (χ2n) is 5.16. The number of nitrogens with zero attached hydrogens (tertiary/aromatic N) is 1. The topological polar surface area (TPSA) is 68.3 Å². The Bertz CT molecular complexity index is 516. The van der Waals surface area contributed by atoms with Crippen molar-refractivity contribution in [2.75, 3.05) is 14.2 Å². The first kappa shape index (κ1) is 13.7. The second kappa shape index (κ2) is 5.10. The van der Waals surface area contributed by atoms with Gasteiger partial charge in [-0.05, 0) is 37.5 Å². The molecule has 0 aromatic heterocycles. The molecule has 0 radical (unpaired) electrons. The van der Waals surface area contributed by atoms with E-state index in [-0.39, 0.29) is 6.04 Å². The molecule has 0 amide bonds. The Morgan fingerprint density at radius 1 is 1.26 bits per heavy atom. The Kier molecular flexibility index (Phi) is 3.68. The maximum absolute atomic E-state index is 9.41. The van der Waals surface area contributed by atoms with Crippen molar-refractivity contribution in [3.63, 3.8) is 0 Å². The number of aryl methyl sites for hydroxylation is 1. The van der Waals surface area contributed by atoms with Gasteiger partial charge in [0.05, 0.1) is 31.7 Å². The van der Waals surface area contributed by atoms with Gasteiger partial charge in [-0.3, -0.25) is 0 Å². The molecule has 1 aromatic carbocycles. The van der Waals surface area contributed by atoms with Crippen LogP contribution in [0.3, 0.4) is 0 Å². The molecule has 1 fully saturated rings. The van der Waals surface area contributed by atoms with Crippen LogP contribution in [0.15, 0.2) is 12.1 Å². The summed E-state index contributed by atoms with van der Waals surface area (Å²) in [5.41, 5.74) is 7.74. The largest absolute Gasteiger partial charge is 0.496 e. The number of hydrogen-bond acceptors (Lipinski definition) is 4. The van der Waals surface area contributed by atoms with Crippen molar-refractivity contribution in [2.45, 2.75) is 32.2 Å². The van der Waals surface area contributed by atoms with Crippen LogP contribution >= 0.6 is 0 Å². The summed E-state index contributed by atoms with van der Waals surface area (Å²) in [5.74, 6) is 1.51. The zero-order valence-corrected chi connectivity index (χ0v) is 11.7. The van der Waals surface area contributed by atoms with Crippen molar-refractivity contribution in [2.24, 2.45) is 11.1 Å². The van der Waals surface area contributed by atoms with Crippen molar-refractivity contribution in [1.29, 1.82) is 5.26 Å². The predicted molar refractivity (Wildman–Crippen MR) is 73.1 cm³/mol. The van der Waals surface area contributed by atoms with Gasteiger partial charge < -0.3 is 15.2 Å². The monoisotopic (exact) mass is 260 g/mol. The molecule has 0 heterocycles. The van der Waals surface area contributed by atoms with Gasteiger partial charge in [-0.1, -0.05) is 6.42 Å². The minimum atomic E-state index is -0.451. The first-order valence-electron chi connectivity index (χ1n) is 6.47.